The lowest BCUT2D eigenvalue weighted by Gasteiger charge is -2.29. The van der Waals surface area contributed by atoms with E-state index in [1.165, 1.54) is 25.1 Å². The molecule has 0 aromatic carbocycles. The zero-order valence-electron chi connectivity index (χ0n) is 13.3. The van der Waals surface area contributed by atoms with Crippen LogP contribution in [0.1, 0.15) is 24.6 Å². The highest BCUT2D eigenvalue weighted by Gasteiger charge is 2.32. The Morgan fingerprint density at radius 1 is 1.50 bits per heavy atom. The highest BCUT2D eigenvalue weighted by Crippen LogP contribution is 2.30. The lowest BCUT2D eigenvalue weighted by molar-refractivity contribution is 0.190. The van der Waals surface area contributed by atoms with Gasteiger partial charge in [-0.25, -0.2) is 0 Å². The fraction of sp³-hybridized carbons (Fsp3) is 0.800. The van der Waals surface area contributed by atoms with Gasteiger partial charge >= 0.3 is 0 Å². The van der Waals surface area contributed by atoms with Gasteiger partial charge in [0, 0.05) is 31.4 Å². The van der Waals surface area contributed by atoms with Crippen LogP contribution in [0.3, 0.4) is 0 Å². The van der Waals surface area contributed by atoms with Gasteiger partial charge < -0.3 is 14.9 Å². The molecule has 0 aliphatic carbocycles. The van der Waals surface area contributed by atoms with E-state index in [9.17, 15) is 0 Å². The molecule has 2 rings (SSSR count). The molecule has 5 nitrogen and oxygen atoms in total. The standard InChI is InChI=1S/C15H28N4O/c1-13-14(10-19(16-13)7-8-20)9-18(4)12-15(2)5-6-17(3)11-15/h10,20H,5-9,11-12H2,1-4H3. The number of aliphatic hydroxyl groups is 1. The molecule has 0 bridgehead atoms. The van der Waals surface area contributed by atoms with Gasteiger partial charge in [0.2, 0.25) is 0 Å². The molecular formula is C15H28N4O. The monoisotopic (exact) mass is 280 g/mol. The first-order valence-electron chi connectivity index (χ1n) is 7.43. The number of hydrogen-bond donors (Lipinski definition) is 1. The maximum atomic E-state index is 8.97. The van der Waals surface area contributed by atoms with E-state index < -0.39 is 0 Å². The van der Waals surface area contributed by atoms with Crippen molar-refractivity contribution in [2.45, 2.75) is 33.4 Å². The molecule has 2 heterocycles. The van der Waals surface area contributed by atoms with E-state index in [0.717, 1.165) is 18.8 Å². The number of hydrogen-bond acceptors (Lipinski definition) is 4. The van der Waals surface area contributed by atoms with Crippen molar-refractivity contribution in [2.24, 2.45) is 5.41 Å². The molecule has 114 valence electrons. The van der Waals surface area contributed by atoms with E-state index in [2.05, 4.69) is 42.1 Å². The highest BCUT2D eigenvalue weighted by atomic mass is 16.3. The molecule has 1 unspecified atom stereocenters. The maximum Gasteiger partial charge on any atom is 0.0641 e. The smallest absolute Gasteiger partial charge is 0.0641 e. The second-order valence-corrected chi connectivity index (χ2v) is 6.70. The van der Waals surface area contributed by atoms with Crippen molar-refractivity contribution in [3.05, 3.63) is 17.5 Å². The minimum absolute atomic E-state index is 0.140. The first-order chi connectivity index (χ1) is 9.42. The zero-order chi connectivity index (χ0) is 14.8. The molecule has 1 N–H and O–H groups in total. The Kier molecular flexibility index (Phi) is 4.83. The van der Waals surface area contributed by atoms with Crippen molar-refractivity contribution in [1.29, 1.82) is 0 Å². The van der Waals surface area contributed by atoms with Gasteiger partial charge in [-0.2, -0.15) is 5.10 Å². The quantitative estimate of drug-likeness (QED) is 0.843. The van der Waals surface area contributed by atoms with Gasteiger partial charge in [-0.05, 0) is 39.4 Å². The van der Waals surface area contributed by atoms with Crippen molar-refractivity contribution in [2.75, 3.05) is 40.3 Å². The van der Waals surface area contributed by atoms with E-state index in [4.69, 9.17) is 5.11 Å². The van der Waals surface area contributed by atoms with Gasteiger partial charge in [0.1, 0.15) is 0 Å². The van der Waals surface area contributed by atoms with Crippen LogP contribution in [0.4, 0.5) is 0 Å². The molecule has 0 amide bonds. The molecular weight excluding hydrogens is 252 g/mol. The van der Waals surface area contributed by atoms with E-state index in [1.54, 1.807) is 0 Å². The normalized spacial score (nSPS) is 23.9. The molecule has 1 aromatic rings. The van der Waals surface area contributed by atoms with E-state index in [-0.39, 0.29) is 6.61 Å². The third-order valence-corrected chi connectivity index (χ3v) is 4.22. The summed E-state index contributed by atoms with van der Waals surface area (Å²) < 4.78 is 1.84. The Balaban J connectivity index is 1.92. The summed E-state index contributed by atoms with van der Waals surface area (Å²) in [5.41, 5.74) is 2.73. The maximum absolute atomic E-state index is 8.97. The Bertz CT molecular complexity index is 445. The molecule has 1 aliphatic heterocycles. The predicted molar refractivity (Wildman–Crippen MR) is 80.6 cm³/mol. The Morgan fingerprint density at radius 3 is 2.85 bits per heavy atom. The van der Waals surface area contributed by atoms with Crippen molar-refractivity contribution < 1.29 is 5.11 Å². The van der Waals surface area contributed by atoms with Crippen LogP contribution in [0.2, 0.25) is 0 Å². The summed E-state index contributed by atoms with van der Waals surface area (Å²) in [7, 11) is 4.39. The molecule has 0 saturated carbocycles. The molecule has 5 heteroatoms. The van der Waals surface area contributed by atoms with Crippen LogP contribution in [-0.4, -0.2) is 65.0 Å². The van der Waals surface area contributed by atoms with Crippen LogP contribution in [0.25, 0.3) is 0 Å². The van der Waals surface area contributed by atoms with Gasteiger partial charge in [0.25, 0.3) is 0 Å². The Morgan fingerprint density at radius 2 is 2.25 bits per heavy atom. The molecule has 20 heavy (non-hydrogen) atoms. The second kappa shape index (κ2) is 6.24. The minimum atomic E-state index is 0.140. The molecule has 1 atom stereocenters. The summed E-state index contributed by atoms with van der Waals surface area (Å²) >= 11 is 0. The fourth-order valence-electron chi connectivity index (χ4n) is 3.33. The average molecular weight is 280 g/mol. The van der Waals surface area contributed by atoms with Crippen molar-refractivity contribution in [1.82, 2.24) is 19.6 Å². The summed E-state index contributed by atoms with van der Waals surface area (Å²) in [6.45, 7) is 9.57. The fourth-order valence-corrected chi connectivity index (χ4v) is 3.33. The molecule has 0 spiro atoms. The SMILES string of the molecule is Cc1nn(CCO)cc1CN(C)CC1(C)CCN(C)C1. The summed E-state index contributed by atoms with van der Waals surface area (Å²) in [5.74, 6) is 0. The first-order valence-corrected chi connectivity index (χ1v) is 7.43. The van der Waals surface area contributed by atoms with E-state index in [0.29, 0.717) is 12.0 Å². The van der Waals surface area contributed by atoms with Crippen LogP contribution in [0.15, 0.2) is 6.20 Å². The number of nitrogens with zero attached hydrogens (tertiary/aromatic N) is 4. The van der Waals surface area contributed by atoms with Crippen LogP contribution < -0.4 is 0 Å². The summed E-state index contributed by atoms with van der Waals surface area (Å²) in [6, 6.07) is 0. The molecule has 1 fully saturated rings. The zero-order valence-corrected chi connectivity index (χ0v) is 13.3. The largest absolute Gasteiger partial charge is 0.394 e. The lowest BCUT2D eigenvalue weighted by atomic mass is 9.89. The van der Waals surface area contributed by atoms with Gasteiger partial charge in [-0.3, -0.25) is 4.68 Å². The molecule has 1 aromatic heterocycles. The van der Waals surface area contributed by atoms with Crippen LogP contribution in [0, 0.1) is 12.3 Å². The van der Waals surface area contributed by atoms with E-state index in [1.807, 2.05) is 11.6 Å². The molecule has 1 saturated heterocycles. The van der Waals surface area contributed by atoms with E-state index >= 15 is 0 Å². The summed E-state index contributed by atoms with van der Waals surface area (Å²) in [6.07, 6.45) is 3.34. The van der Waals surface area contributed by atoms with Crippen molar-refractivity contribution >= 4 is 0 Å². The third-order valence-electron chi connectivity index (χ3n) is 4.22. The number of likely N-dealkylation sites (tertiary alicyclic amines) is 1. The van der Waals surface area contributed by atoms with Gasteiger partial charge in [0.15, 0.2) is 0 Å². The predicted octanol–water partition coefficient (Wildman–Crippen LogP) is 0.957. The number of rotatable bonds is 6. The number of aliphatic hydroxyl groups excluding tert-OH is 1. The first kappa shape index (κ1) is 15.5. The van der Waals surface area contributed by atoms with Crippen LogP contribution >= 0.6 is 0 Å². The van der Waals surface area contributed by atoms with Crippen LogP contribution in [-0.2, 0) is 13.1 Å². The summed E-state index contributed by atoms with van der Waals surface area (Å²) in [5, 5.41) is 13.4. The van der Waals surface area contributed by atoms with Gasteiger partial charge in [0.05, 0.1) is 18.8 Å². The third kappa shape index (κ3) is 3.81. The van der Waals surface area contributed by atoms with Crippen LogP contribution in [0.5, 0.6) is 0 Å². The number of aryl methyl sites for hydroxylation is 1. The topological polar surface area (TPSA) is 44.5 Å². The minimum Gasteiger partial charge on any atom is -0.394 e. The summed E-state index contributed by atoms with van der Waals surface area (Å²) in [4.78, 5) is 4.81. The van der Waals surface area contributed by atoms with Gasteiger partial charge in [-0.1, -0.05) is 6.92 Å². The van der Waals surface area contributed by atoms with Gasteiger partial charge in [-0.15, -0.1) is 0 Å². The number of aromatic nitrogens is 2. The molecule has 0 radical (unpaired) electrons. The Labute approximate surface area is 122 Å². The second-order valence-electron chi connectivity index (χ2n) is 6.70. The average Bonchev–Trinajstić information content (AvgIpc) is 2.83. The highest BCUT2D eigenvalue weighted by molar-refractivity contribution is 5.15. The van der Waals surface area contributed by atoms with Crippen molar-refractivity contribution in [3.63, 3.8) is 0 Å². The van der Waals surface area contributed by atoms with Crippen molar-refractivity contribution in [3.8, 4) is 0 Å². The molecule has 1 aliphatic rings. The Hall–Kier alpha value is -0.910. The lowest BCUT2D eigenvalue weighted by Crippen LogP contribution is -2.35.